The molecular weight excluding hydrogens is 274 g/mol. The molecule has 0 amide bonds. The number of nitriles is 1. The highest BCUT2D eigenvalue weighted by atomic mass is 16.5. The molecule has 3 heteroatoms. The monoisotopic (exact) mass is 293 g/mol. The average molecular weight is 293 g/mol. The molecule has 22 heavy (non-hydrogen) atoms. The van der Waals surface area contributed by atoms with Crippen molar-refractivity contribution in [3.05, 3.63) is 64.2 Å². The zero-order valence-electron chi connectivity index (χ0n) is 13.3. The smallest absolute Gasteiger partial charge is 0.343 e. The summed E-state index contributed by atoms with van der Waals surface area (Å²) in [6.45, 7) is 7.88. The zero-order valence-corrected chi connectivity index (χ0v) is 13.3. The van der Waals surface area contributed by atoms with Gasteiger partial charge in [0, 0.05) is 0 Å². The predicted octanol–water partition coefficient (Wildman–Crippen LogP) is 4.52. The van der Waals surface area contributed by atoms with Gasteiger partial charge in [-0.15, -0.1) is 0 Å². The molecule has 2 aromatic rings. The van der Waals surface area contributed by atoms with E-state index in [9.17, 15) is 4.79 Å². The second-order valence-electron chi connectivity index (χ2n) is 5.72. The van der Waals surface area contributed by atoms with Gasteiger partial charge in [0.25, 0.3) is 0 Å². The summed E-state index contributed by atoms with van der Waals surface area (Å²) in [5.74, 6) is 0.566. The zero-order chi connectivity index (χ0) is 16.3. The van der Waals surface area contributed by atoms with Gasteiger partial charge in [-0.05, 0) is 60.7 Å². The number of aryl methyl sites for hydroxylation is 2. The molecule has 2 aromatic carbocycles. The van der Waals surface area contributed by atoms with E-state index < -0.39 is 0 Å². The van der Waals surface area contributed by atoms with Crippen molar-refractivity contribution >= 4 is 5.97 Å². The molecule has 0 radical (unpaired) electrons. The number of benzene rings is 2. The highest BCUT2D eigenvalue weighted by molar-refractivity contribution is 5.91. The minimum absolute atomic E-state index is 0.383. The van der Waals surface area contributed by atoms with Gasteiger partial charge in [-0.3, -0.25) is 0 Å². The van der Waals surface area contributed by atoms with Crippen LogP contribution in [0.3, 0.4) is 0 Å². The molecule has 0 spiro atoms. The molecule has 0 atom stereocenters. The Hall–Kier alpha value is -2.60. The van der Waals surface area contributed by atoms with Crippen LogP contribution in [0.25, 0.3) is 0 Å². The van der Waals surface area contributed by atoms with Crippen molar-refractivity contribution in [2.45, 2.75) is 33.6 Å². The van der Waals surface area contributed by atoms with E-state index in [4.69, 9.17) is 10.00 Å². The number of hydrogen-bond donors (Lipinski definition) is 0. The molecule has 0 N–H and O–H groups in total. The van der Waals surface area contributed by atoms with Crippen molar-refractivity contribution in [2.24, 2.45) is 0 Å². The van der Waals surface area contributed by atoms with Crippen LogP contribution < -0.4 is 4.74 Å². The van der Waals surface area contributed by atoms with E-state index in [2.05, 4.69) is 19.9 Å². The highest BCUT2D eigenvalue weighted by Crippen LogP contribution is 2.26. The van der Waals surface area contributed by atoms with Crippen LogP contribution in [-0.2, 0) is 0 Å². The Morgan fingerprint density at radius 2 is 1.64 bits per heavy atom. The predicted molar refractivity (Wildman–Crippen MR) is 86.1 cm³/mol. The van der Waals surface area contributed by atoms with Gasteiger partial charge in [-0.25, -0.2) is 4.79 Å². The quantitative estimate of drug-likeness (QED) is 0.617. The number of carbonyl (C=O) groups excluding carboxylic acids is 1. The molecule has 0 fully saturated rings. The van der Waals surface area contributed by atoms with E-state index in [1.807, 2.05) is 26.0 Å². The maximum Gasteiger partial charge on any atom is 0.343 e. The topological polar surface area (TPSA) is 50.1 Å². The number of rotatable bonds is 3. The Bertz CT molecular complexity index is 714. The maximum absolute atomic E-state index is 12.3. The lowest BCUT2D eigenvalue weighted by atomic mass is 10.0. The molecule has 0 unspecified atom stereocenters. The summed E-state index contributed by atoms with van der Waals surface area (Å²) >= 11 is 0. The van der Waals surface area contributed by atoms with Crippen molar-refractivity contribution in [3.63, 3.8) is 0 Å². The van der Waals surface area contributed by atoms with Crippen LogP contribution in [0, 0.1) is 25.2 Å². The normalized spacial score (nSPS) is 10.4. The van der Waals surface area contributed by atoms with Gasteiger partial charge < -0.3 is 4.74 Å². The van der Waals surface area contributed by atoms with E-state index >= 15 is 0 Å². The fraction of sp³-hybridized carbons (Fsp3) is 0.263. The van der Waals surface area contributed by atoms with Gasteiger partial charge in [0.1, 0.15) is 5.75 Å². The third-order valence-corrected chi connectivity index (χ3v) is 3.60. The summed E-state index contributed by atoms with van der Waals surface area (Å²) in [6, 6.07) is 13.0. The molecule has 0 aliphatic rings. The first kappa shape index (κ1) is 15.8. The van der Waals surface area contributed by atoms with Crippen molar-refractivity contribution in [3.8, 4) is 11.8 Å². The Morgan fingerprint density at radius 3 is 2.09 bits per heavy atom. The third-order valence-electron chi connectivity index (χ3n) is 3.60. The van der Waals surface area contributed by atoms with E-state index in [1.165, 1.54) is 5.56 Å². The van der Waals surface area contributed by atoms with Crippen LogP contribution in [-0.4, -0.2) is 5.97 Å². The van der Waals surface area contributed by atoms with E-state index in [0.29, 0.717) is 22.8 Å². The van der Waals surface area contributed by atoms with Gasteiger partial charge in [0.05, 0.1) is 17.2 Å². The number of hydrogen-bond acceptors (Lipinski definition) is 3. The minimum Gasteiger partial charge on any atom is -0.422 e. The van der Waals surface area contributed by atoms with Crippen LogP contribution in [0.4, 0.5) is 0 Å². The highest BCUT2D eigenvalue weighted by Gasteiger charge is 2.13. The lowest BCUT2D eigenvalue weighted by Gasteiger charge is -2.11. The second kappa shape index (κ2) is 6.44. The fourth-order valence-corrected chi connectivity index (χ4v) is 2.33. The Labute approximate surface area is 131 Å². The summed E-state index contributed by atoms with van der Waals surface area (Å²) < 4.78 is 5.51. The Morgan fingerprint density at radius 1 is 1.09 bits per heavy atom. The number of nitrogens with zero attached hydrogens (tertiary/aromatic N) is 1. The molecule has 0 aromatic heterocycles. The van der Waals surface area contributed by atoms with Crippen LogP contribution in [0.1, 0.15) is 52.4 Å². The minimum atomic E-state index is -0.383. The van der Waals surface area contributed by atoms with Crippen LogP contribution in [0.5, 0.6) is 5.75 Å². The fourth-order valence-electron chi connectivity index (χ4n) is 2.33. The van der Waals surface area contributed by atoms with Crippen molar-refractivity contribution in [1.29, 1.82) is 5.26 Å². The largest absolute Gasteiger partial charge is 0.422 e. The van der Waals surface area contributed by atoms with Gasteiger partial charge in [-0.1, -0.05) is 26.0 Å². The molecule has 0 saturated carbocycles. The summed E-state index contributed by atoms with van der Waals surface area (Å²) in [6.07, 6.45) is 0. The molecule has 0 saturated heterocycles. The van der Waals surface area contributed by atoms with E-state index in [0.717, 1.165) is 11.1 Å². The summed E-state index contributed by atoms with van der Waals surface area (Å²) in [7, 11) is 0. The maximum atomic E-state index is 12.3. The molecule has 2 rings (SSSR count). The molecule has 112 valence electrons. The number of esters is 1. The van der Waals surface area contributed by atoms with Gasteiger partial charge in [0.2, 0.25) is 0 Å². The molecular formula is C19H19NO2. The summed E-state index contributed by atoms with van der Waals surface area (Å²) in [5, 5.41) is 8.95. The van der Waals surface area contributed by atoms with Crippen LogP contribution in [0.2, 0.25) is 0 Å². The Kier molecular flexibility index (Phi) is 4.62. The first-order valence-electron chi connectivity index (χ1n) is 7.26. The number of carbonyl (C=O) groups is 1. The van der Waals surface area contributed by atoms with Crippen molar-refractivity contribution in [1.82, 2.24) is 0 Å². The third kappa shape index (κ3) is 3.35. The van der Waals surface area contributed by atoms with Crippen molar-refractivity contribution in [2.75, 3.05) is 0 Å². The molecule has 0 aliphatic carbocycles. The first-order valence-corrected chi connectivity index (χ1v) is 7.26. The molecule has 3 nitrogen and oxygen atoms in total. The van der Waals surface area contributed by atoms with Crippen LogP contribution in [0.15, 0.2) is 36.4 Å². The Balaban J connectivity index is 2.24. The van der Waals surface area contributed by atoms with Crippen molar-refractivity contribution < 1.29 is 9.53 Å². The SMILES string of the molecule is Cc1cc(C#N)cc(C)c1OC(=O)c1ccc(C(C)C)cc1. The first-order chi connectivity index (χ1) is 10.4. The molecule has 0 bridgehead atoms. The molecule has 0 heterocycles. The van der Waals surface area contributed by atoms with Crippen LogP contribution >= 0.6 is 0 Å². The molecule has 0 aliphatic heterocycles. The van der Waals surface area contributed by atoms with Gasteiger partial charge in [0.15, 0.2) is 0 Å². The lowest BCUT2D eigenvalue weighted by molar-refractivity contribution is 0.0732. The number of ether oxygens (including phenoxy) is 1. The second-order valence-corrected chi connectivity index (χ2v) is 5.72. The van der Waals surface area contributed by atoms with Gasteiger partial charge >= 0.3 is 5.97 Å². The summed E-state index contributed by atoms with van der Waals surface area (Å²) in [4.78, 5) is 12.3. The lowest BCUT2D eigenvalue weighted by Crippen LogP contribution is -2.10. The summed E-state index contributed by atoms with van der Waals surface area (Å²) in [5.41, 5.74) is 3.83. The van der Waals surface area contributed by atoms with E-state index in [-0.39, 0.29) is 5.97 Å². The van der Waals surface area contributed by atoms with E-state index in [1.54, 1.807) is 24.3 Å². The van der Waals surface area contributed by atoms with Gasteiger partial charge in [-0.2, -0.15) is 5.26 Å². The average Bonchev–Trinajstić information content (AvgIpc) is 2.50. The standard InChI is InChI=1S/C19H19NO2/c1-12(2)16-5-7-17(8-6-16)19(21)22-18-13(3)9-15(11-20)10-14(18)4/h5-10,12H,1-4H3.